The lowest BCUT2D eigenvalue weighted by Crippen LogP contribution is -2.58. The highest BCUT2D eigenvalue weighted by molar-refractivity contribution is 5.28. The summed E-state index contributed by atoms with van der Waals surface area (Å²) >= 11 is 0. The molecule has 4 N–H and O–H groups in total. The van der Waals surface area contributed by atoms with Gasteiger partial charge in [-0.2, -0.15) is 0 Å². The summed E-state index contributed by atoms with van der Waals surface area (Å²) in [6.07, 6.45) is 3.26. The molecule has 1 rings (SSSR count). The third kappa shape index (κ3) is 0.976. The Kier molecular flexibility index (Phi) is 2.11. The van der Waals surface area contributed by atoms with Crippen LogP contribution in [0.25, 0.3) is 0 Å². The first kappa shape index (κ1) is 7.76. The molecule has 0 heterocycles. The molecule has 2 nitrogen and oxygen atoms in total. The van der Waals surface area contributed by atoms with Crippen LogP contribution >= 0.6 is 0 Å². The monoisotopic (exact) mass is 140 g/mol. The van der Waals surface area contributed by atoms with Gasteiger partial charge in [0.2, 0.25) is 0 Å². The highest BCUT2D eigenvalue weighted by atomic mass is 14.8. The second-order valence-electron chi connectivity index (χ2n) is 3.00. The molecule has 1 saturated carbocycles. The molecule has 3 unspecified atom stereocenters. The maximum Gasteiger partial charge on any atom is 0.0416 e. The molecule has 0 spiro atoms. The highest BCUT2D eigenvalue weighted by Gasteiger charge is 2.36. The molecular formula is C8H16N2. The smallest absolute Gasteiger partial charge is 0.0416 e. The Balaban J connectivity index is 2.57. The van der Waals surface area contributed by atoms with Crippen molar-refractivity contribution in [3.05, 3.63) is 11.6 Å². The van der Waals surface area contributed by atoms with Crippen molar-refractivity contribution >= 4 is 0 Å². The second kappa shape index (κ2) is 2.72. The number of nitrogens with two attached hydrogens (primary N) is 2. The van der Waals surface area contributed by atoms with Crippen LogP contribution in [0.5, 0.6) is 0 Å². The van der Waals surface area contributed by atoms with Crippen LogP contribution in [0.4, 0.5) is 0 Å². The van der Waals surface area contributed by atoms with Crippen molar-refractivity contribution < 1.29 is 0 Å². The molecule has 0 bridgehead atoms. The minimum atomic E-state index is 0.134. The Bertz CT molecular complexity index is 139. The van der Waals surface area contributed by atoms with E-state index >= 15 is 0 Å². The van der Waals surface area contributed by atoms with E-state index in [1.807, 2.05) is 0 Å². The summed E-state index contributed by atoms with van der Waals surface area (Å²) in [5.41, 5.74) is 12.8. The van der Waals surface area contributed by atoms with Crippen molar-refractivity contribution in [1.29, 1.82) is 0 Å². The zero-order valence-electron chi connectivity index (χ0n) is 6.67. The first-order valence-corrected chi connectivity index (χ1v) is 3.89. The summed E-state index contributed by atoms with van der Waals surface area (Å²) in [4.78, 5) is 0. The third-order valence-electron chi connectivity index (χ3n) is 2.34. The van der Waals surface area contributed by atoms with E-state index < -0.39 is 0 Å². The van der Waals surface area contributed by atoms with Gasteiger partial charge in [0.25, 0.3) is 0 Å². The standard InChI is InChI=1S/C8H16N2/c1-3-4-6-5(2)7(9)8(6)10/h4-5,7-8H,3,9-10H2,1-2H3. The summed E-state index contributed by atoms with van der Waals surface area (Å²) in [6.45, 7) is 4.26. The molecule has 1 aliphatic carbocycles. The average molecular weight is 140 g/mol. The van der Waals surface area contributed by atoms with Gasteiger partial charge in [0, 0.05) is 12.1 Å². The van der Waals surface area contributed by atoms with E-state index in [4.69, 9.17) is 11.5 Å². The SMILES string of the molecule is CCC=C1C(C)C(N)C1N. The molecule has 0 amide bonds. The summed E-state index contributed by atoms with van der Waals surface area (Å²) in [6, 6.07) is 0.327. The molecule has 0 aliphatic heterocycles. The van der Waals surface area contributed by atoms with E-state index in [0.29, 0.717) is 5.92 Å². The Morgan fingerprint density at radius 2 is 2.10 bits per heavy atom. The normalized spacial score (nSPS) is 43.6. The Morgan fingerprint density at radius 3 is 2.50 bits per heavy atom. The highest BCUT2D eigenvalue weighted by Crippen LogP contribution is 2.30. The van der Waals surface area contributed by atoms with Gasteiger partial charge in [-0.1, -0.05) is 25.5 Å². The molecule has 1 aliphatic rings. The van der Waals surface area contributed by atoms with Gasteiger partial charge in [0.1, 0.15) is 0 Å². The Hall–Kier alpha value is -0.340. The van der Waals surface area contributed by atoms with Crippen LogP contribution in [0, 0.1) is 5.92 Å². The van der Waals surface area contributed by atoms with Gasteiger partial charge in [-0.3, -0.25) is 0 Å². The molecule has 2 heteroatoms. The molecular weight excluding hydrogens is 124 g/mol. The first-order valence-electron chi connectivity index (χ1n) is 3.89. The number of rotatable bonds is 1. The number of hydrogen-bond acceptors (Lipinski definition) is 2. The Labute approximate surface area is 62.3 Å². The molecule has 3 atom stereocenters. The van der Waals surface area contributed by atoms with Crippen molar-refractivity contribution in [2.24, 2.45) is 17.4 Å². The summed E-state index contributed by atoms with van der Waals surface area (Å²) in [5.74, 6) is 0.509. The van der Waals surface area contributed by atoms with Crippen molar-refractivity contribution in [2.75, 3.05) is 0 Å². The molecule has 0 radical (unpaired) electrons. The maximum atomic E-state index is 5.75. The third-order valence-corrected chi connectivity index (χ3v) is 2.34. The maximum absolute atomic E-state index is 5.75. The van der Waals surface area contributed by atoms with E-state index in [1.54, 1.807) is 0 Å². The molecule has 0 aromatic carbocycles. The molecule has 58 valence electrons. The van der Waals surface area contributed by atoms with Crippen molar-refractivity contribution in [1.82, 2.24) is 0 Å². The van der Waals surface area contributed by atoms with Gasteiger partial charge in [-0.05, 0) is 12.3 Å². The quantitative estimate of drug-likeness (QED) is 0.525. The van der Waals surface area contributed by atoms with E-state index in [1.165, 1.54) is 5.57 Å². The number of allylic oxidation sites excluding steroid dienone is 1. The van der Waals surface area contributed by atoms with E-state index in [0.717, 1.165) is 6.42 Å². The topological polar surface area (TPSA) is 52.0 Å². The van der Waals surface area contributed by atoms with Gasteiger partial charge in [0.15, 0.2) is 0 Å². The fraction of sp³-hybridized carbons (Fsp3) is 0.750. The van der Waals surface area contributed by atoms with Crippen molar-refractivity contribution in [2.45, 2.75) is 32.4 Å². The largest absolute Gasteiger partial charge is 0.326 e. The predicted octanol–water partition coefficient (Wildman–Crippen LogP) is 0.627. The van der Waals surface area contributed by atoms with Crippen molar-refractivity contribution in [3.8, 4) is 0 Å². The second-order valence-corrected chi connectivity index (χ2v) is 3.00. The summed E-state index contributed by atoms with van der Waals surface area (Å²) in [7, 11) is 0. The molecule has 0 aromatic rings. The van der Waals surface area contributed by atoms with Crippen LogP contribution in [0.1, 0.15) is 20.3 Å². The van der Waals surface area contributed by atoms with Gasteiger partial charge < -0.3 is 11.5 Å². The zero-order chi connectivity index (χ0) is 7.72. The van der Waals surface area contributed by atoms with Gasteiger partial charge >= 0.3 is 0 Å². The number of hydrogen-bond donors (Lipinski definition) is 2. The van der Waals surface area contributed by atoms with Crippen LogP contribution in [0.15, 0.2) is 11.6 Å². The van der Waals surface area contributed by atoms with E-state index in [-0.39, 0.29) is 12.1 Å². The molecule has 0 aromatic heterocycles. The van der Waals surface area contributed by atoms with Crippen LogP contribution in [-0.4, -0.2) is 12.1 Å². The summed E-state index contributed by atoms with van der Waals surface area (Å²) < 4.78 is 0. The minimum absolute atomic E-state index is 0.134. The van der Waals surface area contributed by atoms with E-state index in [2.05, 4.69) is 19.9 Å². The van der Waals surface area contributed by atoms with Crippen LogP contribution < -0.4 is 11.5 Å². The first-order chi connectivity index (χ1) is 4.68. The molecule has 10 heavy (non-hydrogen) atoms. The fourth-order valence-corrected chi connectivity index (χ4v) is 1.50. The van der Waals surface area contributed by atoms with Crippen LogP contribution in [0.3, 0.4) is 0 Å². The lowest BCUT2D eigenvalue weighted by molar-refractivity contribution is 0.342. The van der Waals surface area contributed by atoms with Crippen LogP contribution in [0.2, 0.25) is 0 Å². The molecule has 0 saturated heterocycles. The van der Waals surface area contributed by atoms with Crippen molar-refractivity contribution in [3.63, 3.8) is 0 Å². The molecule has 1 fully saturated rings. The fourth-order valence-electron chi connectivity index (χ4n) is 1.50. The van der Waals surface area contributed by atoms with Gasteiger partial charge in [-0.15, -0.1) is 0 Å². The summed E-state index contributed by atoms with van der Waals surface area (Å²) in [5, 5.41) is 0. The van der Waals surface area contributed by atoms with Gasteiger partial charge in [-0.25, -0.2) is 0 Å². The lowest BCUT2D eigenvalue weighted by atomic mass is 9.71. The average Bonchev–Trinajstić information content (AvgIpc) is 1.98. The predicted molar refractivity (Wildman–Crippen MR) is 43.5 cm³/mol. The zero-order valence-corrected chi connectivity index (χ0v) is 6.67. The minimum Gasteiger partial charge on any atom is -0.326 e. The Morgan fingerprint density at radius 1 is 1.50 bits per heavy atom. The van der Waals surface area contributed by atoms with Gasteiger partial charge in [0.05, 0.1) is 0 Å². The van der Waals surface area contributed by atoms with E-state index in [9.17, 15) is 0 Å². The van der Waals surface area contributed by atoms with Crippen LogP contribution in [-0.2, 0) is 0 Å². The lowest BCUT2D eigenvalue weighted by Gasteiger charge is -2.41.